The van der Waals surface area contributed by atoms with Crippen molar-refractivity contribution in [3.8, 4) is 11.8 Å². The van der Waals surface area contributed by atoms with Gasteiger partial charge in [-0.15, -0.1) is 11.3 Å². The zero-order valence-corrected chi connectivity index (χ0v) is 19.2. The van der Waals surface area contributed by atoms with E-state index >= 15 is 0 Å². The second kappa shape index (κ2) is 9.77. The molecule has 0 saturated heterocycles. The Hall–Kier alpha value is -1.84. The number of rotatable bonds is 6. The van der Waals surface area contributed by atoms with Gasteiger partial charge >= 0.3 is 5.97 Å². The van der Waals surface area contributed by atoms with Crippen LogP contribution in [0.25, 0.3) is 0 Å². The summed E-state index contributed by atoms with van der Waals surface area (Å²) in [6.07, 6.45) is 3.55. The Balaban J connectivity index is 2.43. The summed E-state index contributed by atoms with van der Waals surface area (Å²) >= 11 is 1.13. The molecule has 6 heteroatoms. The van der Waals surface area contributed by atoms with Gasteiger partial charge in [0.25, 0.3) is 0 Å². The van der Waals surface area contributed by atoms with Crippen LogP contribution in [0.15, 0.2) is 6.07 Å². The highest BCUT2D eigenvalue weighted by Gasteiger charge is 2.32. The summed E-state index contributed by atoms with van der Waals surface area (Å²) in [5.41, 5.74) is 0.250. The summed E-state index contributed by atoms with van der Waals surface area (Å²) in [6.45, 7) is 10.4. The molecule has 1 N–H and O–H groups in total. The van der Waals surface area contributed by atoms with Gasteiger partial charge in [-0.2, -0.15) is 0 Å². The van der Waals surface area contributed by atoms with Gasteiger partial charge in [-0.3, -0.25) is 4.79 Å². The highest BCUT2D eigenvalue weighted by Crippen LogP contribution is 2.35. The molecule has 1 aromatic rings. The van der Waals surface area contributed by atoms with Crippen LogP contribution in [-0.2, 0) is 9.53 Å². The van der Waals surface area contributed by atoms with Gasteiger partial charge in [0.05, 0.1) is 23.2 Å². The smallest absolute Gasteiger partial charge is 0.348 e. The van der Waals surface area contributed by atoms with Crippen LogP contribution in [0.1, 0.15) is 74.9 Å². The Labute approximate surface area is 178 Å². The first kappa shape index (κ1) is 23.4. The molecule has 1 fully saturated rings. The van der Waals surface area contributed by atoms with Crippen molar-refractivity contribution in [1.82, 2.24) is 0 Å². The fraction of sp³-hybridized carbons (Fsp3) is 0.652. The van der Waals surface area contributed by atoms with Crippen LogP contribution in [0.5, 0.6) is 0 Å². The number of carbonyl (C=O) groups is 2. The molecule has 0 spiro atoms. The van der Waals surface area contributed by atoms with Crippen LogP contribution in [-0.4, -0.2) is 36.7 Å². The predicted molar refractivity (Wildman–Crippen MR) is 118 cm³/mol. The van der Waals surface area contributed by atoms with Gasteiger partial charge in [0.2, 0.25) is 5.91 Å². The molecule has 160 valence electrons. The van der Waals surface area contributed by atoms with Crippen LogP contribution < -0.4 is 4.90 Å². The molecule has 5 nitrogen and oxygen atoms in total. The van der Waals surface area contributed by atoms with E-state index in [1.807, 2.05) is 27.7 Å². The van der Waals surface area contributed by atoms with Crippen molar-refractivity contribution in [3.05, 3.63) is 15.8 Å². The van der Waals surface area contributed by atoms with E-state index in [9.17, 15) is 14.7 Å². The van der Waals surface area contributed by atoms with Crippen LogP contribution >= 0.6 is 11.3 Å². The lowest BCUT2D eigenvalue weighted by molar-refractivity contribution is -0.123. The Morgan fingerprint density at radius 2 is 1.93 bits per heavy atom. The Morgan fingerprint density at radius 3 is 2.45 bits per heavy atom. The van der Waals surface area contributed by atoms with E-state index in [1.165, 1.54) is 0 Å². The van der Waals surface area contributed by atoms with E-state index in [1.54, 1.807) is 18.1 Å². The van der Waals surface area contributed by atoms with Crippen molar-refractivity contribution in [2.75, 3.05) is 18.6 Å². The average molecular weight is 420 g/mol. The van der Waals surface area contributed by atoms with Gasteiger partial charge in [-0.05, 0) is 65.4 Å². The van der Waals surface area contributed by atoms with E-state index in [2.05, 4.69) is 18.8 Å². The third-order valence-corrected chi connectivity index (χ3v) is 6.26. The molecule has 1 heterocycles. The first-order chi connectivity index (χ1) is 13.5. The fourth-order valence-electron chi connectivity index (χ4n) is 3.41. The molecule has 0 aromatic carbocycles. The maximum atomic E-state index is 13.4. The number of thiophene rings is 1. The minimum Gasteiger partial charge on any atom is -0.477 e. The van der Waals surface area contributed by atoms with E-state index in [0.29, 0.717) is 23.0 Å². The summed E-state index contributed by atoms with van der Waals surface area (Å²) in [5.74, 6) is 5.76. The molecule has 1 aliphatic carbocycles. The number of hydrogen-bond acceptors (Lipinski definition) is 4. The summed E-state index contributed by atoms with van der Waals surface area (Å²) in [6, 6.07) is 1.75. The lowest BCUT2D eigenvalue weighted by Crippen LogP contribution is -2.42. The van der Waals surface area contributed by atoms with E-state index in [0.717, 1.165) is 37.0 Å². The lowest BCUT2D eigenvalue weighted by Gasteiger charge is -2.32. The van der Waals surface area contributed by atoms with Crippen molar-refractivity contribution in [2.24, 2.45) is 17.3 Å². The maximum Gasteiger partial charge on any atom is 0.348 e. The third kappa shape index (κ3) is 6.58. The quantitative estimate of drug-likeness (QED) is 0.656. The van der Waals surface area contributed by atoms with E-state index in [-0.39, 0.29) is 28.2 Å². The molecule has 1 saturated carbocycles. The van der Waals surface area contributed by atoms with Gasteiger partial charge in [-0.1, -0.05) is 18.8 Å². The molecular weight excluding hydrogens is 386 g/mol. The Bertz CT molecular complexity index is 788. The molecule has 1 atom stereocenters. The molecule has 0 aliphatic heterocycles. The summed E-state index contributed by atoms with van der Waals surface area (Å²) in [5, 5.41) is 9.77. The predicted octanol–water partition coefficient (Wildman–Crippen LogP) is 5.04. The van der Waals surface area contributed by atoms with Crippen LogP contribution in [0.3, 0.4) is 0 Å². The first-order valence-electron chi connectivity index (χ1n) is 10.3. The number of ether oxygens (including phenoxy) is 1. The van der Waals surface area contributed by atoms with E-state index in [4.69, 9.17) is 4.74 Å². The number of aromatic carboxylic acids is 1. The first-order valence-corrected chi connectivity index (χ1v) is 11.1. The molecule has 1 amide bonds. The molecule has 0 radical (unpaired) electrons. The molecule has 1 aromatic heterocycles. The van der Waals surface area contributed by atoms with E-state index < -0.39 is 5.97 Å². The number of methoxy groups -OCH3 is 1. The van der Waals surface area contributed by atoms with Gasteiger partial charge < -0.3 is 14.7 Å². The standard InChI is InChI=1S/C23H33NO4S/c1-15-7-9-17(10-8-15)21(25)24(14-16(2)28-6)19-13-18(11-12-23(3,4)5)29-20(19)22(26)27/h13,15-17H,7-10,14H2,1-6H3,(H,26,27)/t15-,16-,17-/m0/s1. The zero-order valence-electron chi connectivity index (χ0n) is 18.4. The number of amides is 1. The second-order valence-corrected chi connectivity index (χ2v) is 10.1. The normalized spacial score (nSPS) is 20.5. The van der Waals surface area contributed by atoms with Gasteiger partial charge in [0.1, 0.15) is 4.88 Å². The highest BCUT2D eigenvalue weighted by atomic mass is 32.1. The summed E-state index contributed by atoms with van der Waals surface area (Å²) in [7, 11) is 1.60. The Kier molecular flexibility index (Phi) is 7.90. The number of nitrogens with zero attached hydrogens (tertiary/aromatic N) is 1. The molecule has 1 aliphatic rings. The number of carboxylic acids is 1. The number of carboxylic acid groups (broad SMARTS) is 1. The topological polar surface area (TPSA) is 66.8 Å². The highest BCUT2D eigenvalue weighted by molar-refractivity contribution is 7.15. The van der Waals surface area contributed by atoms with Crippen LogP contribution in [0, 0.1) is 29.1 Å². The minimum absolute atomic E-state index is 0.00331. The van der Waals surface area contributed by atoms with Gasteiger partial charge in [0, 0.05) is 18.4 Å². The molecule has 0 unspecified atom stereocenters. The number of hydrogen-bond donors (Lipinski definition) is 1. The monoisotopic (exact) mass is 419 g/mol. The van der Waals surface area contributed by atoms with Crippen LogP contribution in [0.2, 0.25) is 0 Å². The van der Waals surface area contributed by atoms with Gasteiger partial charge in [-0.25, -0.2) is 4.79 Å². The summed E-state index contributed by atoms with van der Waals surface area (Å²) < 4.78 is 5.39. The summed E-state index contributed by atoms with van der Waals surface area (Å²) in [4.78, 5) is 27.8. The Morgan fingerprint density at radius 1 is 1.31 bits per heavy atom. The van der Waals surface area contributed by atoms with Crippen LogP contribution in [0.4, 0.5) is 5.69 Å². The van der Waals surface area contributed by atoms with Gasteiger partial charge in [0.15, 0.2) is 0 Å². The van der Waals surface area contributed by atoms with Crippen molar-refractivity contribution < 1.29 is 19.4 Å². The number of carbonyl (C=O) groups excluding carboxylic acids is 1. The molecule has 0 bridgehead atoms. The average Bonchev–Trinajstić information content (AvgIpc) is 3.08. The lowest BCUT2D eigenvalue weighted by atomic mass is 9.82. The zero-order chi connectivity index (χ0) is 21.8. The minimum atomic E-state index is -1.03. The van der Waals surface area contributed by atoms with Crippen molar-refractivity contribution in [3.63, 3.8) is 0 Å². The molecular formula is C23H33NO4S. The SMILES string of the molecule is CO[C@@H](C)CN(c1cc(C#CC(C)(C)C)sc1C(=O)O)C(=O)[C@H]1CC[C@H](C)CC1. The third-order valence-electron chi connectivity index (χ3n) is 5.23. The molecule has 29 heavy (non-hydrogen) atoms. The maximum absolute atomic E-state index is 13.4. The second-order valence-electron chi connectivity index (χ2n) is 9.08. The van der Waals surface area contributed by atoms with Crippen molar-refractivity contribution >= 4 is 28.9 Å². The van der Waals surface area contributed by atoms with Crippen molar-refractivity contribution in [2.45, 2.75) is 66.4 Å². The molecule has 2 rings (SSSR count). The fourth-order valence-corrected chi connectivity index (χ4v) is 4.27. The van der Waals surface area contributed by atoms with Crippen molar-refractivity contribution in [1.29, 1.82) is 0 Å². The number of anilines is 1. The largest absolute Gasteiger partial charge is 0.477 e.